The Hall–Kier alpha value is -3.63. The molecule has 4 aromatic rings. The largest absolute Gasteiger partial charge is 0.507 e. The average molecular weight is 811 g/mol. The van der Waals surface area contributed by atoms with Gasteiger partial charge in [-0.25, -0.2) is 0 Å². The number of hydrogen-bond acceptors (Lipinski definition) is 14. The van der Waals surface area contributed by atoms with E-state index in [0.717, 1.165) is 127 Å². The van der Waals surface area contributed by atoms with Crippen LogP contribution in [0, 0.1) is 3.82 Å². The van der Waals surface area contributed by atoms with Crippen LogP contribution in [0.3, 0.4) is 0 Å². The molecule has 11 nitrogen and oxygen atoms in total. The van der Waals surface area contributed by atoms with Crippen molar-refractivity contribution in [1.29, 1.82) is 0 Å². The summed E-state index contributed by atoms with van der Waals surface area (Å²) in [6.45, 7) is 12.1. The first kappa shape index (κ1) is 41.0. The van der Waals surface area contributed by atoms with Crippen molar-refractivity contribution in [3.05, 3.63) is 68.0 Å². The first-order chi connectivity index (χ1) is 26.7. The molecule has 0 radical (unpaired) electrons. The van der Waals surface area contributed by atoms with Crippen LogP contribution in [0.4, 0.5) is 0 Å². The zero-order valence-electron chi connectivity index (χ0n) is 33.1. The summed E-state index contributed by atoms with van der Waals surface area (Å²) < 4.78 is 34.7. The molecule has 0 atom stereocenters. The predicted molar refractivity (Wildman–Crippen MR) is 223 cm³/mol. The lowest BCUT2D eigenvalue weighted by Crippen LogP contribution is -2.45. The fourth-order valence-electron chi connectivity index (χ4n) is 7.61. The molecule has 3 aromatic carbocycles. The zero-order chi connectivity index (χ0) is 39.1. The van der Waals surface area contributed by atoms with Gasteiger partial charge >= 0.3 is 0 Å². The molecule has 2 aliphatic rings. The van der Waals surface area contributed by atoms with E-state index in [4.69, 9.17) is 40.6 Å². The summed E-state index contributed by atoms with van der Waals surface area (Å²) >= 11 is 5.74. The second-order valence-electron chi connectivity index (χ2n) is 13.9. The Morgan fingerprint density at radius 1 is 0.545 bits per heavy atom. The topological polar surface area (TPSA) is 88.6 Å². The third-order valence-corrected chi connectivity index (χ3v) is 13.8. The number of piperazine rings is 2. The standard InChI is InChI=1S/C41H54N4O7S3/c1-8-34-40(54-55-41(34)53)27-17-28(23-42-9-13-44(14-10-42)25-30-19-32(47-2)21-35(49-4)38(30)51-6)37(46)29(18-27)24-43-11-15-45(16-12-43)26-31-20-33(48-3)22-36(50-5)39(31)52-7/h17-22,46H,8-16,23-26H2,1-7H3. The summed E-state index contributed by atoms with van der Waals surface area (Å²) in [6, 6.07) is 12.1. The highest BCUT2D eigenvalue weighted by molar-refractivity contribution is 7.80. The van der Waals surface area contributed by atoms with Crippen molar-refractivity contribution in [1.82, 2.24) is 19.6 Å². The average Bonchev–Trinajstić information content (AvgIpc) is 3.59. The van der Waals surface area contributed by atoms with Crippen molar-refractivity contribution < 1.29 is 33.5 Å². The predicted octanol–water partition coefficient (Wildman–Crippen LogP) is 7.16. The van der Waals surface area contributed by atoms with Crippen LogP contribution in [0.1, 0.15) is 34.7 Å². The molecule has 0 saturated carbocycles. The Bertz CT molecular complexity index is 1860. The second-order valence-corrected chi connectivity index (χ2v) is 16.7. The number of ether oxygens (including phenoxy) is 6. The number of benzene rings is 3. The van der Waals surface area contributed by atoms with E-state index >= 15 is 0 Å². The molecule has 0 unspecified atom stereocenters. The van der Waals surface area contributed by atoms with E-state index in [1.54, 1.807) is 63.3 Å². The van der Waals surface area contributed by atoms with Crippen LogP contribution in [0.2, 0.25) is 0 Å². The number of phenols is 1. The molecule has 2 saturated heterocycles. The molecule has 298 valence electrons. The zero-order valence-corrected chi connectivity index (χ0v) is 35.5. The van der Waals surface area contributed by atoms with Gasteiger partial charge in [0.2, 0.25) is 0 Å². The Morgan fingerprint density at radius 3 is 1.29 bits per heavy atom. The minimum atomic E-state index is 0.395. The Labute approximate surface area is 337 Å². The first-order valence-corrected chi connectivity index (χ1v) is 21.2. The summed E-state index contributed by atoms with van der Waals surface area (Å²) in [4.78, 5) is 11.0. The molecule has 2 aliphatic heterocycles. The van der Waals surface area contributed by atoms with Gasteiger partial charge in [0, 0.05) is 113 Å². The molecule has 2 fully saturated rings. The number of rotatable bonds is 16. The lowest BCUT2D eigenvalue weighted by atomic mass is 9.99. The van der Waals surface area contributed by atoms with E-state index in [-0.39, 0.29) is 0 Å². The maximum atomic E-state index is 11.9. The monoisotopic (exact) mass is 810 g/mol. The smallest absolute Gasteiger partial charge is 0.165 e. The molecular formula is C41H54N4O7S3. The van der Waals surface area contributed by atoms with Gasteiger partial charge in [-0.15, -0.1) is 0 Å². The fourth-order valence-corrected chi connectivity index (χ4v) is 10.7. The van der Waals surface area contributed by atoms with E-state index in [1.165, 1.54) is 10.4 Å². The lowest BCUT2D eigenvalue weighted by molar-refractivity contribution is 0.118. The fraction of sp³-hybridized carbons (Fsp3) is 0.488. The molecule has 0 amide bonds. The third kappa shape index (κ3) is 9.50. The minimum Gasteiger partial charge on any atom is -0.507 e. The summed E-state index contributed by atoms with van der Waals surface area (Å²) in [7, 11) is 13.4. The van der Waals surface area contributed by atoms with Crippen LogP contribution in [0.15, 0.2) is 36.4 Å². The summed E-state index contributed by atoms with van der Waals surface area (Å²) in [5.74, 6) is 4.70. The van der Waals surface area contributed by atoms with Crippen molar-refractivity contribution in [2.75, 3.05) is 95.0 Å². The highest BCUT2D eigenvalue weighted by atomic mass is 32.9. The van der Waals surface area contributed by atoms with Crippen molar-refractivity contribution >= 4 is 32.9 Å². The molecule has 55 heavy (non-hydrogen) atoms. The number of phenolic OH excluding ortho intramolecular Hbond substituents is 1. The van der Waals surface area contributed by atoms with Crippen LogP contribution in [-0.2, 0) is 32.6 Å². The Balaban J connectivity index is 1.16. The van der Waals surface area contributed by atoms with Gasteiger partial charge in [0.15, 0.2) is 23.0 Å². The van der Waals surface area contributed by atoms with Crippen LogP contribution in [-0.4, -0.2) is 120 Å². The number of hydrogen-bond donors (Lipinski definition) is 1. The molecule has 14 heteroatoms. The van der Waals surface area contributed by atoms with Crippen LogP contribution < -0.4 is 28.4 Å². The molecule has 0 bridgehead atoms. The highest BCUT2D eigenvalue weighted by Crippen LogP contribution is 2.41. The molecule has 6 rings (SSSR count). The summed E-state index contributed by atoms with van der Waals surface area (Å²) in [5.41, 5.74) is 6.37. The van der Waals surface area contributed by atoms with E-state index in [2.05, 4.69) is 38.7 Å². The SMILES string of the molecule is CCc1c(-c2cc(CN3CCN(Cc4cc(OC)cc(OC)c4OC)CC3)c(O)c(CN3CCN(Cc4cc(OC)cc(OC)c4OC)CC3)c2)ssc1=S. The van der Waals surface area contributed by atoms with Gasteiger partial charge in [-0.2, -0.15) is 0 Å². The van der Waals surface area contributed by atoms with Crippen molar-refractivity contribution in [2.24, 2.45) is 0 Å². The number of nitrogens with zero attached hydrogens (tertiary/aromatic N) is 4. The van der Waals surface area contributed by atoms with Gasteiger partial charge in [0.25, 0.3) is 0 Å². The van der Waals surface area contributed by atoms with Crippen molar-refractivity contribution in [3.8, 4) is 50.7 Å². The maximum absolute atomic E-state index is 11.9. The third-order valence-electron chi connectivity index (χ3n) is 10.6. The second kappa shape index (κ2) is 19.0. The molecular weight excluding hydrogens is 757 g/mol. The van der Waals surface area contributed by atoms with Crippen molar-refractivity contribution in [3.63, 3.8) is 0 Å². The van der Waals surface area contributed by atoms with Gasteiger partial charge in [-0.3, -0.25) is 19.6 Å². The Morgan fingerprint density at radius 2 is 0.945 bits per heavy atom. The lowest BCUT2D eigenvalue weighted by Gasteiger charge is -2.36. The first-order valence-electron chi connectivity index (χ1n) is 18.7. The Kier molecular flexibility index (Phi) is 14.2. The normalized spacial score (nSPS) is 15.9. The molecule has 0 spiro atoms. The van der Waals surface area contributed by atoms with E-state index in [0.29, 0.717) is 30.3 Å². The minimum absolute atomic E-state index is 0.395. The van der Waals surface area contributed by atoms with Crippen LogP contribution in [0.25, 0.3) is 10.4 Å². The van der Waals surface area contributed by atoms with Gasteiger partial charge in [0.05, 0.1) is 47.5 Å². The molecule has 1 aromatic heterocycles. The summed E-state index contributed by atoms with van der Waals surface area (Å²) in [6.07, 6.45) is 0.886. The van der Waals surface area contributed by atoms with E-state index in [9.17, 15) is 5.11 Å². The maximum Gasteiger partial charge on any atom is 0.165 e. The molecule has 0 aliphatic carbocycles. The van der Waals surface area contributed by atoms with Crippen LogP contribution in [0.5, 0.6) is 40.2 Å². The van der Waals surface area contributed by atoms with Gasteiger partial charge in [-0.1, -0.05) is 39.8 Å². The molecule has 3 heterocycles. The van der Waals surface area contributed by atoms with Crippen molar-refractivity contribution in [2.45, 2.75) is 39.5 Å². The van der Waals surface area contributed by atoms with E-state index < -0.39 is 0 Å². The summed E-state index contributed by atoms with van der Waals surface area (Å²) in [5, 5.41) is 11.9. The van der Waals surface area contributed by atoms with Gasteiger partial charge in [-0.05, 0) is 41.8 Å². The number of aromatic hydroxyl groups is 1. The highest BCUT2D eigenvalue weighted by Gasteiger charge is 2.25. The van der Waals surface area contributed by atoms with Gasteiger partial charge in [0.1, 0.15) is 21.1 Å². The van der Waals surface area contributed by atoms with E-state index in [1.807, 2.05) is 24.3 Å². The quantitative estimate of drug-likeness (QED) is 0.0921. The number of methoxy groups -OCH3 is 6. The van der Waals surface area contributed by atoms with Crippen LogP contribution >= 0.6 is 32.9 Å². The van der Waals surface area contributed by atoms with Gasteiger partial charge < -0.3 is 33.5 Å². The molecule has 1 N–H and O–H groups in total.